The molecule has 100 valence electrons. The second-order valence-electron chi connectivity index (χ2n) is 4.83. The average Bonchev–Trinajstić information content (AvgIpc) is 2.38. The van der Waals surface area contributed by atoms with Crippen LogP contribution in [0.5, 0.6) is 0 Å². The summed E-state index contributed by atoms with van der Waals surface area (Å²) in [6.45, 7) is 8.02. The molecule has 1 aromatic rings. The number of nitrogen functional groups attached to an aromatic ring is 1. The summed E-state index contributed by atoms with van der Waals surface area (Å²) in [4.78, 5) is 2.45. The molecule has 0 amide bonds. The van der Waals surface area contributed by atoms with Crippen molar-refractivity contribution in [2.24, 2.45) is 0 Å². The van der Waals surface area contributed by atoms with Crippen molar-refractivity contribution in [1.82, 2.24) is 4.90 Å². The van der Waals surface area contributed by atoms with E-state index in [4.69, 9.17) is 10.5 Å². The number of ether oxygens (including phenoxy) is 1. The topological polar surface area (TPSA) is 50.5 Å². The highest BCUT2D eigenvalue weighted by Gasteiger charge is 2.09. The largest absolute Gasteiger partial charge is 0.397 e. The Bertz CT molecular complexity index is 375. The van der Waals surface area contributed by atoms with Gasteiger partial charge in [-0.2, -0.15) is 0 Å². The minimum atomic E-state index is 0.835. The number of benzene rings is 1. The van der Waals surface area contributed by atoms with Crippen LogP contribution in [0.1, 0.15) is 12.0 Å². The van der Waals surface area contributed by atoms with E-state index in [2.05, 4.69) is 29.3 Å². The SMILES string of the molecule is Cc1ccc(NCCCN2CCOCC2)c(N)c1. The third-order valence-corrected chi connectivity index (χ3v) is 3.28. The fourth-order valence-electron chi connectivity index (χ4n) is 2.19. The molecule has 1 heterocycles. The molecule has 0 spiro atoms. The number of anilines is 2. The molecule has 0 atom stereocenters. The number of morpholine rings is 1. The predicted octanol–water partition coefficient (Wildman–Crippen LogP) is 1.71. The first-order valence-corrected chi connectivity index (χ1v) is 6.66. The molecule has 2 rings (SSSR count). The maximum absolute atomic E-state index is 5.96. The molecule has 4 heteroatoms. The first-order chi connectivity index (χ1) is 8.75. The first kappa shape index (κ1) is 13.2. The second-order valence-corrected chi connectivity index (χ2v) is 4.83. The lowest BCUT2D eigenvalue weighted by Gasteiger charge is -2.26. The van der Waals surface area contributed by atoms with Crippen LogP contribution in [0.25, 0.3) is 0 Å². The van der Waals surface area contributed by atoms with Crippen LogP contribution in [0, 0.1) is 6.92 Å². The van der Waals surface area contributed by atoms with Crippen molar-refractivity contribution in [3.63, 3.8) is 0 Å². The molecular weight excluding hydrogens is 226 g/mol. The van der Waals surface area contributed by atoms with Crippen molar-refractivity contribution < 1.29 is 4.74 Å². The van der Waals surface area contributed by atoms with Gasteiger partial charge in [-0.15, -0.1) is 0 Å². The smallest absolute Gasteiger partial charge is 0.0594 e. The first-order valence-electron chi connectivity index (χ1n) is 6.66. The molecule has 0 unspecified atom stereocenters. The third-order valence-electron chi connectivity index (χ3n) is 3.28. The molecule has 1 aromatic carbocycles. The van der Waals surface area contributed by atoms with Crippen molar-refractivity contribution in [2.75, 3.05) is 50.4 Å². The Morgan fingerprint density at radius 3 is 2.83 bits per heavy atom. The molecule has 1 aliphatic rings. The van der Waals surface area contributed by atoms with Gasteiger partial charge in [0.05, 0.1) is 24.6 Å². The molecule has 4 nitrogen and oxygen atoms in total. The quantitative estimate of drug-likeness (QED) is 0.616. The summed E-state index contributed by atoms with van der Waals surface area (Å²) in [6.07, 6.45) is 1.13. The van der Waals surface area contributed by atoms with Crippen molar-refractivity contribution in [2.45, 2.75) is 13.3 Å². The Morgan fingerprint density at radius 2 is 2.11 bits per heavy atom. The highest BCUT2D eigenvalue weighted by molar-refractivity contribution is 5.66. The monoisotopic (exact) mass is 249 g/mol. The predicted molar refractivity (Wildman–Crippen MR) is 76.0 cm³/mol. The molecule has 0 radical (unpaired) electrons. The number of rotatable bonds is 5. The fourth-order valence-corrected chi connectivity index (χ4v) is 2.19. The van der Waals surface area contributed by atoms with E-state index in [0.29, 0.717) is 0 Å². The van der Waals surface area contributed by atoms with Crippen LogP contribution in [0.4, 0.5) is 11.4 Å². The van der Waals surface area contributed by atoms with Crippen LogP contribution in [0.2, 0.25) is 0 Å². The Kier molecular flexibility index (Phi) is 4.84. The zero-order valence-electron chi connectivity index (χ0n) is 11.1. The molecule has 1 fully saturated rings. The van der Waals surface area contributed by atoms with Gasteiger partial charge in [-0.25, -0.2) is 0 Å². The maximum Gasteiger partial charge on any atom is 0.0594 e. The van der Waals surface area contributed by atoms with Crippen molar-refractivity contribution in [3.8, 4) is 0 Å². The normalized spacial score (nSPS) is 16.7. The van der Waals surface area contributed by atoms with Crippen molar-refractivity contribution >= 4 is 11.4 Å². The Balaban J connectivity index is 1.68. The molecule has 0 aliphatic carbocycles. The summed E-state index contributed by atoms with van der Waals surface area (Å²) in [5, 5.41) is 3.40. The number of nitrogens with zero attached hydrogens (tertiary/aromatic N) is 1. The van der Waals surface area contributed by atoms with Gasteiger partial charge in [-0.1, -0.05) is 6.07 Å². The van der Waals surface area contributed by atoms with E-state index in [9.17, 15) is 0 Å². The van der Waals surface area contributed by atoms with E-state index in [-0.39, 0.29) is 0 Å². The van der Waals surface area contributed by atoms with Crippen molar-refractivity contribution in [3.05, 3.63) is 23.8 Å². The second kappa shape index (κ2) is 6.61. The molecule has 0 bridgehead atoms. The summed E-state index contributed by atoms with van der Waals surface area (Å²) in [6, 6.07) is 6.14. The van der Waals surface area contributed by atoms with Gasteiger partial charge in [0, 0.05) is 19.6 Å². The van der Waals surface area contributed by atoms with Gasteiger partial charge < -0.3 is 15.8 Å². The van der Waals surface area contributed by atoms with E-state index in [1.54, 1.807) is 0 Å². The summed E-state index contributed by atoms with van der Waals surface area (Å²) < 4.78 is 5.33. The molecule has 1 aliphatic heterocycles. The van der Waals surface area contributed by atoms with Crippen molar-refractivity contribution in [1.29, 1.82) is 0 Å². The molecule has 0 saturated carbocycles. The van der Waals surface area contributed by atoms with Gasteiger partial charge in [0.15, 0.2) is 0 Å². The highest BCUT2D eigenvalue weighted by atomic mass is 16.5. The van der Waals surface area contributed by atoms with Gasteiger partial charge in [0.1, 0.15) is 0 Å². The van der Waals surface area contributed by atoms with Crippen LogP contribution in [0.3, 0.4) is 0 Å². The minimum Gasteiger partial charge on any atom is -0.397 e. The molecule has 18 heavy (non-hydrogen) atoms. The van der Waals surface area contributed by atoms with E-state index in [0.717, 1.165) is 57.2 Å². The van der Waals surface area contributed by atoms with Crippen LogP contribution in [0.15, 0.2) is 18.2 Å². The summed E-state index contributed by atoms with van der Waals surface area (Å²) in [5.41, 5.74) is 9.04. The van der Waals surface area contributed by atoms with E-state index in [1.807, 2.05) is 6.07 Å². The number of hydrogen-bond donors (Lipinski definition) is 2. The maximum atomic E-state index is 5.96. The lowest BCUT2D eigenvalue weighted by atomic mass is 10.2. The van der Waals surface area contributed by atoms with Gasteiger partial charge in [-0.05, 0) is 37.6 Å². The average molecular weight is 249 g/mol. The van der Waals surface area contributed by atoms with Crippen LogP contribution >= 0.6 is 0 Å². The molecule has 0 aromatic heterocycles. The molecular formula is C14H23N3O. The lowest BCUT2D eigenvalue weighted by molar-refractivity contribution is 0.0378. The standard InChI is InChI=1S/C14H23N3O/c1-12-3-4-14(13(15)11-12)16-5-2-6-17-7-9-18-10-8-17/h3-4,11,16H,2,5-10,15H2,1H3. The molecule has 3 N–H and O–H groups in total. The van der Waals surface area contributed by atoms with Gasteiger partial charge in [-0.3, -0.25) is 4.90 Å². The Labute approximate surface area is 109 Å². The number of aryl methyl sites for hydroxylation is 1. The number of nitrogens with one attached hydrogen (secondary N) is 1. The van der Waals surface area contributed by atoms with Crippen LogP contribution < -0.4 is 11.1 Å². The Hall–Kier alpha value is -1.26. The highest BCUT2D eigenvalue weighted by Crippen LogP contribution is 2.19. The lowest BCUT2D eigenvalue weighted by Crippen LogP contribution is -2.37. The van der Waals surface area contributed by atoms with E-state index in [1.165, 1.54) is 5.56 Å². The van der Waals surface area contributed by atoms with E-state index >= 15 is 0 Å². The van der Waals surface area contributed by atoms with Crippen LogP contribution in [-0.2, 0) is 4.74 Å². The number of hydrogen-bond acceptors (Lipinski definition) is 4. The zero-order chi connectivity index (χ0) is 12.8. The summed E-state index contributed by atoms with van der Waals surface area (Å²) in [7, 11) is 0. The fraction of sp³-hybridized carbons (Fsp3) is 0.571. The summed E-state index contributed by atoms with van der Waals surface area (Å²) >= 11 is 0. The van der Waals surface area contributed by atoms with Gasteiger partial charge in [0.2, 0.25) is 0 Å². The van der Waals surface area contributed by atoms with Gasteiger partial charge in [0.25, 0.3) is 0 Å². The third kappa shape index (κ3) is 3.89. The Morgan fingerprint density at radius 1 is 1.33 bits per heavy atom. The van der Waals surface area contributed by atoms with Crippen LogP contribution in [-0.4, -0.2) is 44.3 Å². The zero-order valence-corrected chi connectivity index (χ0v) is 11.1. The minimum absolute atomic E-state index is 0.835. The molecule has 1 saturated heterocycles. The van der Waals surface area contributed by atoms with E-state index < -0.39 is 0 Å². The van der Waals surface area contributed by atoms with Gasteiger partial charge >= 0.3 is 0 Å². The summed E-state index contributed by atoms with van der Waals surface area (Å²) in [5.74, 6) is 0. The number of nitrogens with two attached hydrogens (primary N) is 1.